The van der Waals surface area contributed by atoms with E-state index in [1.165, 1.54) is 7.11 Å². The molecule has 0 radical (unpaired) electrons. The lowest BCUT2D eigenvalue weighted by Crippen LogP contribution is -2.06. The third kappa shape index (κ3) is 2.71. The van der Waals surface area contributed by atoms with Crippen molar-refractivity contribution in [3.05, 3.63) is 21.4 Å². The molecule has 0 atom stereocenters. The molecule has 0 aliphatic carbocycles. The van der Waals surface area contributed by atoms with Crippen molar-refractivity contribution in [2.45, 2.75) is 6.18 Å². The normalized spacial score (nSPS) is 11.5. The Bertz CT molecular complexity index is 313. The average Bonchev–Trinajstić information content (AvgIpc) is 2.01. The fraction of sp³-hybridized carbons (Fsp3) is 0.286. The number of ether oxygens (including phenoxy) is 1. The molecule has 0 N–H and O–H groups in total. The zero-order chi connectivity index (χ0) is 10.1. The minimum atomic E-state index is -4.35. The first kappa shape index (κ1) is 10.6. The van der Waals surface area contributed by atoms with Crippen molar-refractivity contribution in [2.75, 3.05) is 7.11 Å². The van der Waals surface area contributed by atoms with Crippen molar-refractivity contribution in [1.29, 1.82) is 0 Å². The molecule has 0 saturated carbocycles. The first-order chi connectivity index (χ1) is 5.93. The summed E-state index contributed by atoms with van der Waals surface area (Å²) in [5.74, 6) is -0.0285. The van der Waals surface area contributed by atoms with Crippen LogP contribution in [-0.4, -0.2) is 12.1 Å². The predicted molar refractivity (Wildman–Crippen MR) is 48.5 cm³/mol. The van der Waals surface area contributed by atoms with Gasteiger partial charge in [-0.05, 0) is 28.7 Å². The Morgan fingerprint density at radius 2 is 2.00 bits per heavy atom. The second-order valence-electron chi connectivity index (χ2n) is 2.22. The van der Waals surface area contributed by atoms with E-state index in [1.807, 2.05) is 0 Å². The van der Waals surface area contributed by atoms with Crippen LogP contribution in [0, 0.1) is 3.70 Å². The molecule has 0 aliphatic heterocycles. The molecule has 1 heterocycles. The molecule has 0 spiro atoms. The molecule has 1 rings (SSSR count). The Labute approximate surface area is 86.3 Å². The third-order valence-electron chi connectivity index (χ3n) is 1.31. The van der Waals surface area contributed by atoms with Gasteiger partial charge in [-0.25, -0.2) is 4.98 Å². The van der Waals surface area contributed by atoms with E-state index in [9.17, 15) is 13.2 Å². The number of hydrogen-bond donors (Lipinski definition) is 0. The van der Waals surface area contributed by atoms with E-state index < -0.39 is 11.7 Å². The molecular weight excluding hydrogens is 298 g/mol. The Hall–Kier alpha value is -0.530. The highest BCUT2D eigenvalue weighted by Crippen LogP contribution is 2.31. The van der Waals surface area contributed by atoms with Crippen molar-refractivity contribution in [2.24, 2.45) is 0 Å². The molecule has 0 aliphatic rings. The monoisotopic (exact) mass is 303 g/mol. The van der Waals surface area contributed by atoms with E-state index in [4.69, 9.17) is 0 Å². The van der Waals surface area contributed by atoms with Crippen LogP contribution in [-0.2, 0) is 6.18 Å². The smallest absolute Gasteiger partial charge is 0.416 e. The maximum Gasteiger partial charge on any atom is 0.416 e. The Kier molecular flexibility index (Phi) is 2.99. The first-order valence-electron chi connectivity index (χ1n) is 3.22. The molecule has 0 aromatic carbocycles. The van der Waals surface area contributed by atoms with Crippen molar-refractivity contribution < 1.29 is 17.9 Å². The zero-order valence-electron chi connectivity index (χ0n) is 6.52. The van der Waals surface area contributed by atoms with Crippen LogP contribution in [0.4, 0.5) is 13.2 Å². The Balaban J connectivity index is 3.16. The second-order valence-corrected chi connectivity index (χ2v) is 3.32. The van der Waals surface area contributed by atoms with Crippen LogP contribution in [0.2, 0.25) is 0 Å². The molecule has 0 fully saturated rings. The summed E-state index contributed by atoms with van der Waals surface area (Å²) in [6.07, 6.45) is -4.35. The largest absolute Gasteiger partial charge is 0.481 e. The maximum atomic E-state index is 12.2. The molecular formula is C7H5F3INO. The van der Waals surface area contributed by atoms with E-state index in [2.05, 4.69) is 9.72 Å². The minimum Gasteiger partial charge on any atom is -0.481 e. The van der Waals surface area contributed by atoms with Crippen LogP contribution >= 0.6 is 22.6 Å². The lowest BCUT2D eigenvalue weighted by atomic mass is 10.2. The van der Waals surface area contributed by atoms with Crippen LogP contribution in [0.1, 0.15) is 5.56 Å². The van der Waals surface area contributed by atoms with E-state index >= 15 is 0 Å². The van der Waals surface area contributed by atoms with Crippen LogP contribution in [0.5, 0.6) is 5.88 Å². The Morgan fingerprint density at radius 1 is 1.38 bits per heavy atom. The van der Waals surface area contributed by atoms with Gasteiger partial charge in [-0.2, -0.15) is 13.2 Å². The van der Waals surface area contributed by atoms with E-state index in [0.717, 1.165) is 12.1 Å². The van der Waals surface area contributed by atoms with E-state index in [0.29, 0.717) is 0 Å². The van der Waals surface area contributed by atoms with E-state index in [1.54, 1.807) is 22.6 Å². The van der Waals surface area contributed by atoms with Gasteiger partial charge in [0.2, 0.25) is 5.88 Å². The average molecular weight is 303 g/mol. The number of alkyl halides is 3. The van der Waals surface area contributed by atoms with Gasteiger partial charge in [0.05, 0.1) is 12.7 Å². The summed E-state index contributed by atoms with van der Waals surface area (Å²) in [5, 5.41) is 0. The Morgan fingerprint density at radius 3 is 2.46 bits per heavy atom. The van der Waals surface area contributed by atoms with Crippen molar-refractivity contribution in [1.82, 2.24) is 4.98 Å². The highest BCUT2D eigenvalue weighted by molar-refractivity contribution is 14.1. The molecule has 13 heavy (non-hydrogen) atoms. The summed E-state index contributed by atoms with van der Waals surface area (Å²) < 4.78 is 41.5. The van der Waals surface area contributed by atoms with Crippen molar-refractivity contribution >= 4 is 22.6 Å². The number of aromatic nitrogens is 1. The second kappa shape index (κ2) is 3.69. The van der Waals surface area contributed by atoms with Gasteiger partial charge in [0, 0.05) is 6.07 Å². The van der Waals surface area contributed by atoms with Crippen LogP contribution in [0.3, 0.4) is 0 Å². The zero-order valence-corrected chi connectivity index (χ0v) is 8.68. The lowest BCUT2D eigenvalue weighted by Gasteiger charge is -2.08. The van der Waals surface area contributed by atoms with Gasteiger partial charge in [-0.15, -0.1) is 0 Å². The van der Waals surface area contributed by atoms with Gasteiger partial charge in [0.1, 0.15) is 3.70 Å². The summed E-state index contributed by atoms with van der Waals surface area (Å²) in [6, 6.07) is 1.82. The quantitative estimate of drug-likeness (QED) is 0.588. The molecule has 1 aromatic rings. The predicted octanol–water partition coefficient (Wildman–Crippen LogP) is 2.71. The summed E-state index contributed by atoms with van der Waals surface area (Å²) in [5.41, 5.74) is -0.747. The molecule has 0 unspecified atom stereocenters. The number of pyridine rings is 1. The van der Waals surface area contributed by atoms with Gasteiger partial charge in [-0.1, -0.05) is 0 Å². The van der Waals surface area contributed by atoms with Gasteiger partial charge in [0.25, 0.3) is 0 Å². The molecule has 0 bridgehead atoms. The fourth-order valence-electron chi connectivity index (χ4n) is 0.741. The number of nitrogens with zero attached hydrogens (tertiary/aromatic N) is 1. The molecule has 2 nitrogen and oxygen atoms in total. The summed E-state index contributed by atoms with van der Waals surface area (Å²) >= 11 is 1.70. The summed E-state index contributed by atoms with van der Waals surface area (Å²) in [4.78, 5) is 3.73. The highest BCUT2D eigenvalue weighted by atomic mass is 127. The highest BCUT2D eigenvalue weighted by Gasteiger charge is 2.31. The van der Waals surface area contributed by atoms with Gasteiger partial charge >= 0.3 is 6.18 Å². The van der Waals surface area contributed by atoms with E-state index in [-0.39, 0.29) is 9.58 Å². The molecule has 1 aromatic heterocycles. The lowest BCUT2D eigenvalue weighted by molar-refractivity contribution is -0.137. The number of hydrogen-bond acceptors (Lipinski definition) is 2. The molecule has 6 heteroatoms. The van der Waals surface area contributed by atoms with Crippen molar-refractivity contribution in [3.8, 4) is 5.88 Å². The van der Waals surface area contributed by atoms with Crippen LogP contribution in [0.25, 0.3) is 0 Å². The minimum absolute atomic E-state index is 0.0285. The molecule has 72 valence electrons. The maximum absolute atomic E-state index is 12.2. The van der Waals surface area contributed by atoms with Crippen LogP contribution < -0.4 is 4.74 Å². The van der Waals surface area contributed by atoms with Crippen LogP contribution in [0.15, 0.2) is 12.1 Å². The SMILES string of the molecule is COc1cc(C(F)(F)F)cc(I)n1. The van der Waals surface area contributed by atoms with Gasteiger partial charge in [0.15, 0.2) is 0 Å². The molecule has 0 amide bonds. The standard InChI is InChI=1S/C7H5F3INO/c1-13-6-3-4(7(8,9)10)2-5(11)12-6/h2-3H,1H3. The molecule has 0 saturated heterocycles. The summed E-state index contributed by atoms with van der Waals surface area (Å²) in [7, 11) is 1.28. The van der Waals surface area contributed by atoms with Gasteiger partial charge in [-0.3, -0.25) is 0 Å². The first-order valence-corrected chi connectivity index (χ1v) is 4.30. The third-order valence-corrected chi connectivity index (χ3v) is 1.86. The topological polar surface area (TPSA) is 22.1 Å². The van der Waals surface area contributed by atoms with Gasteiger partial charge < -0.3 is 4.74 Å². The number of methoxy groups -OCH3 is 1. The summed E-state index contributed by atoms with van der Waals surface area (Å²) in [6.45, 7) is 0. The van der Waals surface area contributed by atoms with Crippen molar-refractivity contribution in [3.63, 3.8) is 0 Å². The fourth-order valence-corrected chi connectivity index (χ4v) is 1.31. The number of rotatable bonds is 1. The number of halogens is 4.